The van der Waals surface area contributed by atoms with Crippen molar-refractivity contribution in [2.24, 2.45) is 0 Å². The molecule has 5 nitrogen and oxygen atoms in total. The fourth-order valence-corrected chi connectivity index (χ4v) is 1.60. The molecule has 112 valence electrons. The fraction of sp³-hybridized carbons (Fsp3) is 0.533. The van der Waals surface area contributed by atoms with E-state index in [1.165, 1.54) is 0 Å². The SMILES string of the molecule is CCNC(=O)c1ccc(N)cc1OCCOC(C)(C)C. The number of ether oxygens (including phenoxy) is 2. The van der Waals surface area contributed by atoms with Gasteiger partial charge < -0.3 is 20.5 Å². The average molecular weight is 280 g/mol. The zero-order chi connectivity index (χ0) is 15.2. The van der Waals surface area contributed by atoms with Gasteiger partial charge in [-0.25, -0.2) is 0 Å². The Kier molecular flexibility index (Phi) is 5.82. The first-order chi connectivity index (χ1) is 9.33. The van der Waals surface area contributed by atoms with Crippen LogP contribution in [0.15, 0.2) is 18.2 Å². The molecular weight excluding hydrogens is 256 g/mol. The third kappa shape index (κ3) is 5.48. The Bertz CT molecular complexity index is 453. The van der Waals surface area contributed by atoms with E-state index < -0.39 is 0 Å². The Morgan fingerprint density at radius 3 is 2.60 bits per heavy atom. The van der Waals surface area contributed by atoms with Crippen LogP contribution in [0.3, 0.4) is 0 Å². The van der Waals surface area contributed by atoms with E-state index in [4.69, 9.17) is 15.2 Å². The minimum absolute atomic E-state index is 0.167. The molecule has 0 aliphatic rings. The van der Waals surface area contributed by atoms with Crippen molar-refractivity contribution in [1.29, 1.82) is 0 Å². The number of benzene rings is 1. The monoisotopic (exact) mass is 280 g/mol. The molecule has 1 amide bonds. The maximum absolute atomic E-state index is 11.9. The van der Waals surface area contributed by atoms with Crippen molar-refractivity contribution in [1.82, 2.24) is 5.32 Å². The van der Waals surface area contributed by atoms with Gasteiger partial charge in [0.2, 0.25) is 0 Å². The molecule has 20 heavy (non-hydrogen) atoms. The zero-order valence-electron chi connectivity index (χ0n) is 12.7. The van der Waals surface area contributed by atoms with Crippen molar-refractivity contribution in [3.8, 4) is 5.75 Å². The van der Waals surface area contributed by atoms with Crippen LogP contribution < -0.4 is 15.8 Å². The first-order valence-corrected chi connectivity index (χ1v) is 6.78. The molecular formula is C15H24N2O3. The number of carbonyl (C=O) groups is 1. The summed E-state index contributed by atoms with van der Waals surface area (Å²) in [5.74, 6) is 0.313. The molecule has 0 unspecified atom stereocenters. The summed E-state index contributed by atoms with van der Waals surface area (Å²) < 4.78 is 11.2. The van der Waals surface area contributed by atoms with Crippen LogP contribution >= 0.6 is 0 Å². The minimum atomic E-state index is -0.207. The van der Waals surface area contributed by atoms with Crippen molar-refractivity contribution < 1.29 is 14.3 Å². The molecule has 1 aromatic carbocycles. The number of hydrogen-bond donors (Lipinski definition) is 2. The first-order valence-electron chi connectivity index (χ1n) is 6.78. The van der Waals surface area contributed by atoms with E-state index in [1.54, 1.807) is 18.2 Å². The van der Waals surface area contributed by atoms with Crippen LogP contribution in [-0.4, -0.2) is 31.3 Å². The second-order valence-corrected chi connectivity index (χ2v) is 5.42. The Morgan fingerprint density at radius 1 is 1.30 bits per heavy atom. The number of nitrogens with one attached hydrogen (secondary N) is 1. The average Bonchev–Trinajstić information content (AvgIpc) is 2.34. The maximum Gasteiger partial charge on any atom is 0.255 e. The molecule has 5 heteroatoms. The van der Waals surface area contributed by atoms with E-state index in [0.717, 1.165) is 0 Å². The van der Waals surface area contributed by atoms with Crippen LogP contribution in [0.25, 0.3) is 0 Å². The molecule has 0 aromatic heterocycles. The Hall–Kier alpha value is -1.75. The molecule has 0 aliphatic carbocycles. The van der Waals surface area contributed by atoms with Gasteiger partial charge in [-0.05, 0) is 39.8 Å². The topological polar surface area (TPSA) is 73.6 Å². The standard InChI is InChI=1S/C15H24N2O3/c1-5-17-14(18)12-7-6-11(16)10-13(12)19-8-9-20-15(2,3)4/h6-7,10H,5,8-9,16H2,1-4H3,(H,17,18). The van der Waals surface area contributed by atoms with Crippen LogP contribution in [-0.2, 0) is 4.74 Å². The third-order valence-electron chi connectivity index (χ3n) is 2.46. The number of anilines is 1. The first kappa shape index (κ1) is 16.3. The van der Waals surface area contributed by atoms with E-state index in [1.807, 2.05) is 27.7 Å². The fourth-order valence-electron chi connectivity index (χ4n) is 1.60. The molecule has 0 aliphatic heterocycles. The summed E-state index contributed by atoms with van der Waals surface area (Å²) in [5, 5.41) is 2.75. The molecule has 1 rings (SSSR count). The van der Waals surface area contributed by atoms with Gasteiger partial charge in [-0.2, -0.15) is 0 Å². The van der Waals surface area contributed by atoms with Gasteiger partial charge >= 0.3 is 0 Å². The van der Waals surface area contributed by atoms with Gasteiger partial charge in [0.25, 0.3) is 5.91 Å². The lowest BCUT2D eigenvalue weighted by Crippen LogP contribution is -2.25. The van der Waals surface area contributed by atoms with Gasteiger partial charge in [0.1, 0.15) is 12.4 Å². The third-order valence-corrected chi connectivity index (χ3v) is 2.46. The van der Waals surface area contributed by atoms with Gasteiger partial charge in [-0.1, -0.05) is 0 Å². The number of nitrogen functional groups attached to an aromatic ring is 1. The number of carbonyl (C=O) groups excluding carboxylic acids is 1. The molecule has 0 atom stereocenters. The lowest BCUT2D eigenvalue weighted by atomic mass is 10.1. The summed E-state index contributed by atoms with van der Waals surface area (Å²) in [6.45, 7) is 9.19. The van der Waals surface area contributed by atoms with Gasteiger partial charge in [0.15, 0.2) is 0 Å². The van der Waals surface area contributed by atoms with Crippen molar-refractivity contribution in [3.63, 3.8) is 0 Å². The van der Waals surface area contributed by atoms with Gasteiger partial charge in [-0.15, -0.1) is 0 Å². The van der Waals surface area contributed by atoms with Crippen LogP contribution in [0.2, 0.25) is 0 Å². The molecule has 0 spiro atoms. The van der Waals surface area contributed by atoms with Crippen LogP contribution in [0, 0.1) is 0 Å². The number of nitrogens with two attached hydrogens (primary N) is 1. The van der Waals surface area contributed by atoms with Crippen LogP contribution in [0.4, 0.5) is 5.69 Å². The number of rotatable bonds is 6. The largest absolute Gasteiger partial charge is 0.490 e. The van der Waals surface area contributed by atoms with E-state index in [0.29, 0.717) is 36.8 Å². The summed E-state index contributed by atoms with van der Waals surface area (Å²) in [4.78, 5) is 11.9. The van der Waals surface area contributed by atoms with Crippen molar-refractivity contribution in [2.45, 2.75) is 33.3 Å². The van der Waals surface area contributed by atoms with Crippen molar-refractivity contribution in [2.75, 3.05) is 25.5 Å². The molecule has 0 saturated heterocycles. The van der Waals surface area contributed by atoms with E-state index in [-0.39, 0.29) is 11.5 Å². The predicted octanol–water partition coefficient (Wildman–Crippen LogP) is 2.21. The molecule has 1 aromatic rings. The highest BCUT2D eigenvalue weighted by atomic mass is 16.5. The van der Waals surface area contributed by atoms with Crippen LogP contribution in [0.5, 0.6) is 5.75 Å². The zero-order valence-corrected chi connectivity index (χ0v) is 12.7. The van der Waals surface area contributed by atoms with E-state index in [9.17, 15) is 4.79 Å². The van der Waals surface area contributed by atoms with Gasteiger partial charge in [0.05, 0.1) is 17.8 Å². The Balaban J connectivity index is 2.68. The Morgan fingerprint density at radius 2 is 2.00 bits per heavy atom. The van der Waals surface area contributed by atoms with Crippen molar-refractivity contribution in [3.05, 3.63) is 23.8 Å². The molecule has 0 saturated carbocycles. The molecule has 3 N–H and O–H groups in total. The van der Waals surface area contributed by atoms with Crippen LogP contribution in [0.1, 0.15) is 38.1 Å². The summed E-state index contributed by atoms with van der Waals surface area (Å²) >= 11 is 0. The Labute approximate surface area is 120 Å². The van der Waals surface area contributed by atoms with E-state index >= 15 is 0 Å². The summed E-state index contributed by atoms with van der Waals surface area (Å²) in [6.07, 6.45) is 0. The molecule has 0 heterocycles. The highest BCUT2D eigenvalue weighted by Gasteiger charge is 2.13. The quantitative estimate of drug-likeness (QED) is 0.619. The molecule has 0 fully saturated rings. The predicted molar refractivity (Wildman–Crippen MR) is 80.1 cm³/mol. The van der Waals surface area contributed by atoms with E-state index in [2.05, 4.69) is 5.32 Å². The van der Waals surface area contributed by atoms with Gasteiger partial charge in [-0.3, -0.25) is 4.79 Å². The molecule has 0 bridgehead atoms. The normalized spacial score (nSPS) is 11.2. The summed E-state index contributed by atoms with van der Waals surface area (Å²) in [5.41, 5.74) is 6.57. The lowest BCUT2D eigenvalue weighted by Gasteiger charge is -2.20. The summed E-state index contributed by atoms with van der Waals surface area (Å²) in [7, 11) is 0. The highest BCUT2D eigenvalue weighted by Crippen LogP contribution is 2.22. The molecule has 0 radical (unpaired) electrons. The second kappa shape index (κ2) is 7.14. The second-order valence-electron chi connectivity index (χ2n) is 5.42. The smallest absolute Gasteiger partial charge is 0.255 e. The van der Waals surface area contributed by atoms with Gasteiger partial charge in [0, 0.05) is 18.3 Å². The minimum Gasteiger partial charge on any atom is -0.490 e. The highest BCUT2D eigenvalue weighted by molar-refractivity contribution is 5.97. The maximum atomic E-state index is 11.9. The number of hydrogen-bond acceptors (Lipinski definition) is 4. The lowest BCUT2D eigenvalue weighted by molar-refractivity contribution is -0.0163. The number of amides is 1. The van der Waals surface area contributed by atoms with Crippen molar-refractivity contribution >= 4 is 11.6 Å². The summed E-state index contributed by atoms with van der Waals surface area (Å²) in [6, 6.07) is 5.00.